The molecule has 1 amide bonds. The van der Waals surface area contributed by atoms with Crippen LogP contribution >= 0.6 is 0 Å². The summed E-state index contributed by atoms with van der Waals surface area (Å²) in [7, 11) is -3.62. The van der Waals surface area contributed by atoms with Gasteiger partial charge in [-0.3, -0.25) is 4.79 Å². The summed E-state index contributed by atoms with van der Waals surface area (Å²) in [6.07, 6.45) is 0. The number of amides is 1. The molecule has 0 unspecified atom stereocenters. The molecular formula is C19H24N2O4S. The number of anilines is 1. The van der Waals surface area contributed by atoms with Crippen LogP contribution in [-0.2, 0) is 14.8 Å². The van der Waals surface area contributed by atoms with Crippen molar-refractivity contribution in [3.8, 4) is 5.75 Å². The van der Waals surface area contributed by atoms with E-state index in [1.54, 1.807) is 36.4 Å². The number of nitrogens with one attached hydrogen (secondary N) is 1. The SMILES string of the molecule is CCOc1ccccc1N(CCNS(=O)(=O)c1ccc(C)cc1)C(C)=O. The Morgan fingerprint density at radius 2 is 1.77 bits per heavy atom. The number of sulfonamides is 1. The normalized spacial score (nSPS) is 11.2. The number of benzene rings is 2. The van der Waals surface area contributed by atoms with Crippen LogP contribution in [-0.4, -0.2) is 34.0 Å². The lowest BCUT2D eigenvalue weighted by Gasteiger charge is -2.23. The maximum atomic E-state index is 12.4. The Hall–Kier alpha value is -2.38. The van der Waals surface area contributed by atoms with Gasteiger partial charge in [0.15, 0.2) is 0 Å². The second kappa shape index (κ2) is 8.82. The van der Waals surface area contributed by atoms with Crippen molar-refractivity contribution in [1.29, 1.82) is 0 Å². The predicted octanol–water partition coefficient (Wildman–Crippen LogP) is 2.73. The number of hydrogen-bond acceptors (Lipinski definition) is 4. The summed E-state index contributed by atoms with van der Waals surface area (Å²) in [5, 5.41) is 0. The van der Waals surface area contributed by atoms with Crippen molar-refractivity contribution in [2.75, 3.05) is 24.6 Å². The average molecular weight is 376 g/mol. The third-order valence-corrected chi connectivity index (χ3v) is 5.27. The molecule has 6 nitrogen and oxygen atoms in total. The molecule has 2 aromatic carbocycles. The smallest absolute Gasteiger partial charge is 0.240 e. The van der Waals surface area contributed by atoms with Crippen molar-refractivity contribution in [2.45, 2.75) is 25.7 Å². The molecule has 26 heavy (non-hydrogen) atoms. The first kappa shape index (κ1) is 19.9. The van der Waals surface area contributed by atoms with Gasteiger partial charge in [0.05, 0.1) is 17.2 Å². The van der Waals surface area contributed by atoms with Crippen molar-refractivity contribution in [2.24, 2.45) is 0 Å². The lowest BCUT2D eigenvalue weighted by atomic mass is 10.2. The van der Waals surface area contributed by atoms with E-state index in [0.29, 0.717) is 18.0 Å². The van der Waals surface area contributed by atoms with E-state index in [-0.39, 0.29) is 23.9 Å². The van der Waals surface area contributed by atoms with Gasteiger partial charge in [-0.2, -0.15) is 0 Å². The first-order chi connectivity index (χ1) is 12.3. The molecule has 0 saturated heterocycles. The lowest BCUT2D eigenvalue weighted by Crippen LogP contribution is -2.37. The van der Waals surface area contributed by atoms with Gasteiger partial charge < -0.3 is 9.64 Å². The number of ether oxygens (including phenoxy) is 1. The van der Waals surface area contributed by atoms with Gasteiger partial charge in [0.1, 0.15) is 5.75 Å². The van der Waals surface area contributed by atoms with Gasteiger partial charge in [-0.05, 0) is 38.1 Å². The molecule has 0 aromatic heterocycles. The number of para-hydroxylation sites is 2. The van der Waals surface area contributed by atoms with Crippen molar-refractivity contribution < 1.29 is 17.9 Å². The van der Waals surface area contributed by atoms with E-state index < -0.39 is 10.0 Å². The van der Waals surface area contributed by atoms with E-state index in [1.807, 2.05) is 26.0 Å². The molecule has 0 aliphatic heterocycles. The minimum atomic E-state index is -3.62. The zero-order chi connectivity index (χ0) is 19.2. The van der Waals surface area contributed by atoms with Gasteiger partial charge in [-0.1, -0.05) is 29.8 Å². The van der Waals surface area contributed by atoms with Gasteiger partial charge in [-0.25, -0.2) is 13.1 Å². The Balaban J connectivity index is 2.10. The lowest BCUT2D eigenvalue weighted by molar-refractivity contribution is -0.116. The maximum absolute atomic E-state index is 12.4. The van der Waals surface area contributed by atoms with Crippen LogP contribution in [0.2, 0.25) is 0 Å². The Labute approximate surface area is 154 Å². The van der Waals surface area contributed by atoms with Crippen molar-refractivity contribution >= 4 is 21.6 Å². The fraction of sp³-hybridized carbons (Fsp3) is 0.316. The van der Waals surface area contributed by atoms with Crippen LogP contribution < -0.4 is 14.4 Å². The number of carbonyl (C=O) groups is 1. The fourth-order valence-corrected chi connectivity index (χ4v) is 3.52. The highest BCUT2D eigenvalue weighted by molar-refractivity contribution is 7.89. The molecule has 1 N–H and O–H groups in total. The van der Waals surface area contributed by atoms with Gasteiger partial charge in [0.25, 0.3) is 0 Å². The molecule has 2 aromatic rings. The molecule has 0 saturated carbocycles. The molecule has 0 bridgehead atoms. The first-order valence-electron chi connectivity index (χ1n) is 8.41. The highest BCUT2D eigenvalue weighted by atomic mass is 32.2. The van der Waals surface area contributed by atoms with E-state index in [2.05, 4.69) is 4.72 Å². The third-order valence-electron chi connectivity index (χ3n) is 3.79. The van der Waals surface area contributed by atoms with E-state index in [9.17, 15) is 13.2 Å². The number of aryl methyl sites for hydroxylation is 1. The van der Waals surface area contributed by atoms with E-state index in [0.717, 1.165) is 5.56 Å². The number of rotatable bonds is 8. The van der Waals surface area contributed by atoms with Crippen molar-refractivity contribution in [3.63, 3.8) is 0 Å². The quantitative estimate of drug-likeness (QED) is 0.769. The van der Waals surface area contributed by atoms with Gasteiger partial charge in [-0.15, -0.1) is 0 Å². The molecule has 0 aliphatic rings. The molecule has 0 atom stereocenters. The van der Waals surface area contributed by atoms with Crippen molar-refractivity contribution in [1.82, 2.24) is 4.72 Å². The van der Waals surface area contributed by atoms with Crippen LogP contribution in [0.1, 0.15) is 19.4 Å². The third kappa shape index (κ3) is 5.06. The van der Waals surface area contributed by atoms with Crippen LogP contribution in [0.5, 0.6) is 5.75 Å². The minimum absolute atomic E-state index is 0.0935. The highest BCUT2D eigenvalue weighted by Gasteiger charge is 2.18. The van der Waals surface area contributed by atoms with Crippen LogP contribution in [0.4, 0.5) is 5.69 Å². The Bertz CT molecular complexity index is 848. The number of nitrogens with zero attached hydrogens (tertiary/aromatic N) is 1. The van der Waals surface area contributed by atoms with E-state index in [1.165, 1.54) is 11.8 Å². The monoisotopic (exact) mass is 376 g/mol. The van der Waals surface area contributed by atoms with Gasteiger partial charge >= 0.3 is 0 Å². The number of hydrogen-bond donors (Lipinski definition) is 1. The summed E-state index contributed by atoms with van der Waals surface area (Å²) in [6.45, 7) is 5.97. The Kier molecular flexibility index (Phi) is 6.76. The number of carbonyl (C=O) groups excluding carboxylic acids is 1. The van der Waals surface area contributed by atoms with E-state index >= 15 is 0 Å². The largest absolute Gasteiger partial charge is 0.492 e. The molecule has 2 rings (SSSR count). The zero-order valence-electron chi connectivity index (χ0n) is 15.2. The van der Waals surface area contributed by atoms with Crippen LogP contribution in [0.3, 0.4) is 0 Å². The maximum Gasteiger partial charge on any atom is 0.240 e. The highest BCUT2D eigenvalue weighted by Crippen LogP contribution is 2.28. The molecule has 0 heterocycles. The molecule has 0 aliphatic carbocycles. The summed E-state index contributed by atoms with van der Waals surface area (Å²) in [5.41, 5.74) is 1.61. The standard InChI is InChI=1S/C19H24N2O4S/c1-4-25-19-8-6-5-7-18(19)21(16(3)22)14-13-20-26(23,24)17-11-9-15(2)10-12-17/h5-12,20H,4,13-14H2,1-3H3. The zero-order valence-corrected chi connectivity index (χ0v) is 16.0. The molecule has 0 fully saturated rings. The summed E-state index contributed by atoms with van der Waals surface area (Å²) >= 11 is 0. The molecule has 7 heteroatoms. The van der Waals surface area contributed by atoms with Crippen LogP contribution in [0.15, 0.2) is 53.4 Å². The molecule has 0 radical (unpaired) electrons. The van der Waals surface area contributed by atoms with E-state index in [4.69, 9.17) is 4.74 Å². The summed E-state index contributed by atoms with van der Waals surface area (Å²) in [5.74, 6) is 0.401. The second-order valence-corrected chi connectivity index (χ2v) is 7.55. The fourth-order valence-electron chi connectivity index (χ4n) is 2.50. The van der Waals surface area contributed by atoms with Gasteiger partial charge in [0.2, 0.25) is 15.9 Å². The molecule has 0 spiro atoms. The predicted molar refractivity (Wildman–Crippen MR) is 102 cm³/mol. The summed E-state index contributed by atoms with van der Waals surface area (Å²) < 4.78 is 32.8. The average Bonchev–Trinajstić information content (AvgIpc) is 2.60. The van der Waals surface area contributed by atoms with Crippen LogP contribution in [0.25, 0.3) is 0 Å². The first-order valence-corrected chi connectivity index (χ1v) is 9.89. The summed E-state index contributed by atoms with van der Waals surface area (Å²) in [6, 6.07) is 13.8. The topological polar surface area (TPSA) is 75.7 Å². The molecule has 140 valence electrons. The second-order valence-electron chi connectivity index (χ2n) is 5.78. The summed E-state index contributed by atoms with van der Waals surface area (Å²) in [4.78, 5) is 13.8. The van der Waals surface area contributed by atoms with Crippen molar-refractivity contribution in [3.05, 3.63) is 54.1 Å². The van der Waals surface area contributed by atoms with Crippen LogP contribution in [0, 0.1) is 6.92 Å². The Morgan fingerprint density at radius 3 is 2.38 bits per heavy atom. The Morgan fingerprint density at radius 1 is 1.12 bits per heavy atom. The molecular weight excluding hydrogens is 352 g/mol. The van der Waals surface area contributed by atoms with Gasteiger partial charge in [0, 0.05) is 20.0 Å². The minimum Gasteiger partial charge on any atom is -0.492 e.